The van der Waals surface area contributed by atoms with E-state index in [0.29, 0.717) is 17.2 Å². The van der Waals surface area contributed by atoms with Gasteiger partial charge in [-0.05, 0) is 26.0 Å². The number of thiazole rings is 2. The fraction of sp³-hybridized carbons (Fsp3) is 0.111. The van der Waals surface area contributed by atoms with Crippen molar-refractivity contribution >= 4 is 34.3 Å². The van der Waals surface area contributed by atoms with Crippen molar-refractivity contribution in [1.29, 1.82) is 0 Å². The Morgan fingerprint density at radius 2 is 1.75 bits per heavy atom. The third-order valence-electron chi connectivity index (χ3n) is 3.86. The van der Waals surface area contributed by atoms with Crippen molar-refractivity contribution in [3.63, 3.8) is 0 Å². The molecule has 0 radical (unpaired) electrons. The Labute approximate surface area is 166 Å². The van der Waals surface area contributed by atoms with Crippen LogP contribution in [0.4, 0.5) is 14.5 Å². The van der Waals surface area contributed by atoms with Gasteiger partial charge in [-0.25, -0.2) is 23.4 Å². The number of benzene rings is 1. The number of aryl methyl sites for hydroxylation is 2. The molecule has 28 heavy (non-hydrogen) atoms. The van der Waals surface area contributed by atoms with Gasteiger partial charge in [0.25, 0.3) is 5.91 Å². The van der Waals surface area contributed by atoms with Gasteiger partial charge in [0.2, 0.25) is 0 Å². The van der Waals surface area contributed by atoms with Gasteiger partial charge in [-0.15, -0.1) is 22.7 Å². The highest BCUT2D eigenvalue weighted by atomic mass is 32.1. The molecule has 0 aliphatic heterocycles. The van der Waals surface area contributed by atoms with E-state index in [9.17, 15) is 13.6 Å². The van der Waals surface area contributed by atoms with Gasteiger partial charge in [-0.2, -0.15) is 5.10 Å². The minimum absolute atomic E-state index is 0.281. The highest BCUT2D eigenvalue weighted by Crippen LogP contribution is 2.30. The maximum absolute atomic E-state index is 14.0. The van der Waals surface area contributed by atoms with Gasteiger partial charge in [0.05, 0.1) is 21.9 Å². The minimum Gasteiger partial charge on any atom is -0.319 e. The van der Waals surface area contributed by atoms with Crippen LogP contribution < -0.4 is 5.32 Å². The van der Waals surface area contributed by atoms with Crippen LogP contribution in [-0.2, 0) is 0 Å². The zero-order valence-corrected chi connectivity index (χ0v) is 16.4. The van der Waals surface area contributed by atoms with Gasteiger partial charge < -0.3 is 5.32 Å². The maximum Gasteiger partial charge on any atom is 0.261 e. The van der Waals surface area contributed by atoms with E-state index < -0.39 is 23.1 Å². The lowest BCUT2D eigenvalue weighted by Crippen LogP contribution is -2.16. The lowest BCUT2D eigenvalue weighted by atomic mass is 10.1. The summed E-state index contributed by atoms with van der Waals surface area (Å²) >= 11 is 2.89. The topological polar surface area (TPSA) is 72.7 Å². The number of hydrogen-bond acceptors (Lipinski definition) is 6. The molecule has 6 nitrogen and oxygen atoms in total. The maximum atomic E-state index is 14.0. The molecule has 1 amide bonds. The second kappa shape index (κ2) is 7.21. The zero-order valence-electron chi connectivity index (χ0n) is 14.7. The van der Waals surface area contributed by atoms with Crippen LogP contribution in [0, 0.1) is 25.5 Å². The van der Waals surface area contributed by atoms with Crippen molar-refractivity contribution in [2.45, 2.75) is 13.8 Å². The van der Waals surface area contributed by atoms with E-state index >= 15 is 0 Å². The average molecular weight is 417 g/mol. The van der Waals surface area contributed by atoms with E-state index in [2.05, 4.69) is 20.4 Å². The summed E-state index contributed by atoms with van der Waals surface area (Å²) < 4.78 is 29.4. The van der Waals surface area contributed by atoms with Gasteiger partial charge in [0, 0.05) is 10.8 Å². The largest absolute Gasteiger partial charge is 0.319 e. The number of rotatable bonds is 4. The van der Waals surface area contributed by atoms with Crippen molar-refractivity contribution in [2.24, 2.45) is 0 Å². The summed E-state index contributed by atoms with van der Waals surface area (Å²) in [4.78, 5) is 21.3. The molecule has 3 aromatic heterocycles. The summed E-state index contributed by atoms with van der Waals surface area (Å²) in [5.41, 5.74) is 0.571. The fourth-order valence-corrected chi connectivity index (χ4v) is 3.78. The van der Waals surface area contributed by atoms with Crippen LogP contribution in [0.3, 0.4) is 0 Å². The van der Waals surface area contributed by atoms with Gasteiger partial charge >= 0.3 is 0 Å². The van der Waals surface area contributed by atoms with Gasteiger partial charge in [-0.3, -0.25) is 4.79 Å². The molecule has 0 fully saturated rings. The first-order valence-electron chi connectivity index (χ1n) is 8.12. The van der Waals surface area contributed by atoms with Crippen LogP contribution in [0.25, 0.3) is 17.2 Å². The van der Waals surface area contributed by atoms with Crippen molar-refractivity contribution in [3.05, 3.63) is 62.4 Å². The number of nitrogens with one attached hydrogen (secondary N) is 1. The standard InChI is InChI=1S/C18H13F2N5OS2/c1-9-21-14(7-27-9)17-13(6-25(24-17)15-8-28-10(2)22-15)23-18(26)16-11(19)4-3-5-12(16)20/h3-8H,1-2H3,(H,23,26). The van der Waals surface area contributed by atoms with Crippen molar-refractivity contribution < 1.29 is 13.6 Å². The van der Waals surface area contributed by atoms with Crippen molar-refractivity contribution in [2.75, 3.05) is 5.32 Å². The fourth-order valence-electron chi connectivity index (χ4n) is 2.60. The third-order valence-corrected chi connectivity index (χ3v) is 5.39. The van der Waals surface area contributed by atoms with E-state index in [1.54, 1.807) is 11.6 Å². The Morgan fingerprint density at radius 3 is 2.36 bits per heavy atom. The number of aromatic nitrogens is 4. The lowest BCUT2D eigenvalue weighted by molar-refractivity contribution is 0.101. The van der Waals surface area contributed by atoms with E-state index in [4.69, 9.17) is 0 Å². The van der Waals surface area contributed by atoms with Crippen molar-refractivity contribution in [1.82, 2.24) is 19.7 Å². The molecule has 4 rings (SSSR count). The SMILES string of the molecule is Cc1nc(-c2nn(-c3csc(C)n3)cc2NC(=O)c2c(F)cccc2F)cs1. The molecule has 0 atom stereocenters. The highest BCUT2D eigenvalue weighted by Gasteiger charge is 2.22. The van der Waals surface area contributed by atoms with E-state index in [0.717, 1.165) is 22.1 Å². The second-order valence-electron chi connectivity index (χ2n) is 5.86. The normalized spacial score (nSPS) is 11.0. The predicted octanol–water partition coefficient (Wildman–Crippen LogP) is 4.60. The van der Waals surface area contributed by atoms with Crippen LogP contribution in [0.2, 0.25) is 0 Å². The average Bonchev–Trinajstić information content (AvgIpc) is 3.34. The van der Waals surface area contributed by atoms with E-state index in [-0.39, 0.29) is 5.69 Å². The molecule has 0 spiro atoms. The number of amides is 1. The monoisotopic (exact) mass is 417 g/mol. The Bertz CT molecular complexity index is 1160. The molecular formula is C18H13F2N5OS2. The number of carbonyl (C=O) groups excluding carboxylic acids is 1. The summed E-state index contributed by atoms with van der Waals surface area (Å²) in [5, 5.41) is 12.3. The Morgan fingerprint density at radius 1 is 1.07 bits per heavy atom. The van der Waals surface area contributed by atoms with Crippen molar-refractivity contribution in [3.8, 4) is 17.2 Å². The van der Waals surface area contributed by atoms with Crippen LogP contribution in [0.15, 0.2) is 35.2 Å². The van der Waals surface area contributed by atoms with Gasteiger partial charge in [0.1, 0.15) is 28.6 Å². The van der Waals surface area contributed by atoms with Gasteiger partial charge in [0.15, 0.2) is 5.82 Å². The predicted molar refractivity (Wildman–Crippen MR) is 104 cm³/mol. The summed E-state index contributed by atoms with van der Waals surface area (Å²) in [5.74, 6) is -2.21. The molecule has 0 aliphatic rings. The second-order valence-corrected chi connectivity index (χ2v) is 7.99. The van der Waals surface area contributed by atoms with Crippen LogP contribution >= 0.6 is 22.7 Å². The highest BCUT2D eigenvalue weighted by molar-refractivity contribution is 7.10. The molecule has 4 aromatic rings. The van der Waals surface area contributed by atoms with E-state index in [1.807, 2.05) is 19.2 Å². The first-order chi connectivity index (χ1) is 13.4. The lowest BCUT2D eigenvalue weighted by Gasteiger charge is -2.06. The molecule has 0 saturated carbocycles. The summed E-state index contributed by atoms with van der Waals surface area (Å²) in [6.07, 6.45) is 1.55. The molecular weight excluding hydrogens is 404 g/mol. The summed E-state index contributed by atoms with van der Waals surface area (Å²) in [7, 11) is 0. The Kier molecular flexibility index (Phi) is 4.73. The summed E-state index contributed by atoms with van der Waals surface area (Å²) in [6.45, 7) is 3.72. The quantitative estimate of drug-likeness (QED) is 0.527. The number of carbonyl (C=O) groups is 1. The molecule has 1 N–H and O–H groups in total. The van der Waals surface area contributed by atoms with Crippen LogP contribution in [0.1, 0.15) is 20.4 Å². The number of halogens is 2. The molecule has 0 saturated heterocycles. The zero-order chi connectivity index (χ0) is 19.8. The molecule has 0 aliphatic carbocycles. The number of nitrogens with zero attached hydrogens (tertiary/aromatic N) is 4. The molecule has 0 bridgehead atoms. The molecule has 142 valence electrons. The smallest absolute Gasteiger partial charge is 0.261 e. The van der Waals surface area contributed by atoms with Crippen LogP contribution in [0.5, 0.6) is 0 Å². The third kappa shape index (κ3) is 3.43. The molecule has 3 heterocycles. The van der Waals surface area contributed by atoms with E-state index in [1.165, 1.54) is 33.4 Å². The first kappa shape index (κ1) is 18.4. The minimum atomic E-state index is -0.939. The molecule has 0 unspecified atom stereocenters. The van der Waals surface area contributed by atoms with Gasteiger partial charge in [-0.1, -0.05) is 6.07 Å². The molecule has 10 heteroatoms. The summed E-state index contributed by atoms with van der Waals surface area (Å²) in [6, 6.07) is 3.27. The van der Waals surface area contributed by atoms with Crippen LogP contribution in [-0.4, -0.2) is 25.7 Å². The Balaban J connectivity index is 1.76. The molecule has 1 aromatic carbocycles. The first-order valence-corrected chi connectivity index (χ1v) is 9.88. The Hall–Kier alpha value is -2.98. The number of hydrogen-bond donors (Lipinski definition) is 1. The number of anilines is 1.